The van der Waals surface area contributed by atoms with Crippen molar-refractivity contribution in [3.63, 3.8) is 0 Å². The SMILES string of the molecule is COC(=O)c1cc(CN(Cc2cn3c4c(c(F)c(F)cc4c2=O)OCC3)C2CCCN(c3cnccn3)C2)ccn1. The van der Waals surface area contributed by atoms with Crippen LogP contribution in [0.3, 0.4) is 0 Å². The number of hydrogen-bond acceptors (Lipinski definition) is 9. The number of pyridine rings is 2. The molecule has 5 heterocycles. The second kappa shape index (κ2) is 11.2. The summed E-state index contributed by atoms with van der Waals surface area (Å²) >= 11 is 0. The number of aromatic nitrogens is 4. The summed E-state index contributed by atoms with van der Waals surface area (Å²) in [4.78, 5) is 43.0. The molecule has 1 aromatic carbocycles. The number of halogens is 2. The van der Waals surface area contributed by atoms with Crippen LogP contribution in [-0.4, -0.2) is 63.2 Å². The standard InChI is InChI=1S/C29H28F2N6O4/c1-40-29(39)23-11-18(4-5-33-23)14-37(20-3-2-8-35(17-20)24-13-32-6-7-34-24)16-19-15-36-9-10-41-28-25(31)22(30)12-21(26(28)36)27(19)38/h4-7,11-13,15,20H,2-3,8-10,14,16-17H2,1H3. The van der Waals surface area contributed by atoms with E-state index in [4.69, 9.17) is 9.47 Å². The smallest absolute Gasteiger partial charge is 0.356 e. The van der Waals surface area contributed by atoms with E-state index in [0.29, 0.717) is 25.2 Å². The average Bonchev–Trinajstić information content (AvgIpc) is 3.01. The van der Waals surface area contributed by atoms with Gasteiger partial charge in [-0.1, -0.05) is 0 Å². The molecule has 4 aromatic rings. The van der Waals surface area contributed by atoms with Crippen LogP contribution in [-0.2, 0) is 24.4 Å². The first-order valence-electron chi connectivity index (χ1n) is 13.4. The largest absolute Gasteiger partial charge is 0.486 e. The van der Waals surface area contributed by atoms with E-state index in [-0.39, 0.29) is 47.0 Å². The minimum absolute atomic E-state index is 0.0146. The molecule has 2 aliphatic heterocycles. The Morgan fingerprint density at radius 3 is 2.85 bits per heavy atom. The summed E-state index contributed by atoms with van der Waals surface area (Å²) in [6.45, 7) is 2.69. The third-order valence-electron chi connectivity index (χ3n) is 7.63. The Labute approximate surface area is 234 Å². The lowest BCUT2D eigenvalue weighted by atomic mass is 10.0. The summed E-state index contributed by atoms with van der Waals surface area (Å²) in [5.41, 5.74) is 1.35. The lowest BCUT2D eigenvalue weighted by Crippen LogP contribution is -2.48. The number of ether oxygens (including phenoxy) is 2. The molecule has 0 spiro atoms. The molecule has 6 rings (SSSR count). The number of carbonyl (C=O) groups is 1. The lowest BCUT2D eigenvalue weighted by Gasteiger charge is -2.40. The fourth-order valence-electron chi connectivity index (χ4n) is 5.67. The molecular formula is C29H28F2N6O4. The Bertz CT molecular complexity index is 1670. The maximum Gasteiger partial charge on any atom is 0.356 e. The molecule has 2 aliphatic rings. The number of benzene rings is 1. The summed E-state index contributed by atoms with van der Waals surface area (Å²) in [5.74, 6) is -2.21. The number of rotatable bonds is 7. The van der Waals surface area contributed by atoms with E-state index in [1.54, 1.807) is 41.6 Å². The van der Waals surface area contributed by atoms with Gasteiger partial charge in [-0.05, 0) is 36.6 Å². The monoisotopic (exact) mass is 562 g/mol. The highest BCUT2D eigenvalue weighted by Crippen LogP contribution is 2.33. The molecule has 1 saturated heterocycles. The van der Waals surface area contributed by atoms with Crippen molar-refractivity contribution in [2.24, 2.45) is 0 Å². The first-order valence-corrected chi connectivity index (χ1v) is 13.4. The van der Waals surface area contributed by atoms with Gasteiger partial charge in [0, 0.05) is 62.6 Å². The Morgan fingerprint density at radius 1 is 1.17 bits per heavy atom. The van der Waals surface area contributed by atoms with Crippen molar-refractivity contribution in [1.29, 1.82) is 0 Å². The molecule has 0 radical (unpaired) electrons. The van der Waals surface area contributed by atoms with E-state index in [0.717, 1.165) is 36.8 Å². The van der Waals surface area contributed by atoms with Gasteiger partial charge in [-0.2, -0.15) is 4.39 Å². The van der Waals surface area contributed by atoms with E-state index in [1.165, 1.54) is 7.11 Å². The molecule has 41 heavy (non-hydrogen) atoms. The molecule has 212 valence electrons. The zero-order valence-corrected chi connectivity index (χ0v) is 22.4. The van der Waals surface area contributed by atoms with Gasteiger partial charge in [-0.3, -0.25) is 14.7 Å². The van der Waals surface area contributed by atoms with Crippen LogP contribution in [0.15, 0.2) is 54.0 Å². The van der Waals surface area contributed by atoms with Crippen LogP contribution in [0.5, 0.6) is 5.75 Å². The number of nitrogens with zero attached hydrogens (tertiary/aromatic N) is 6. The zero-order chi connectivity index (χ0) is 28.5. The first-order chi connectivity index (χ1) is 19.9. The average molecular weight is 563 g/mol. The molecule has 1 fully saturated rings. The Balaban J connectivity index is 1.38. The lowest BCUT2D eigenvalue weighted by molar-refractivity contribution is 0.0593. The molecule has 0 saturated carbocycles. The van der Waals surface area contributed by atoms with Crippen molar-refractivity contribution in [2.75, 3.05) is 31.7 Å². The van der Waals surface area contributed by atoms with Crippen molar-refractivity contribution >= 4 is 22.7 Å². The van der Waals surface area contributed by atoms with Crippen molar-refractivity contribution in [2.45, 2.75) is 38.5 Å². The number of carbonyl (C=O) groups excluding carboxylic acids is 1. The second-order valence-electron chi connectivity index (χ2n) is 10.2. The zero-order valence-electron chi connectivity index (χ0n) is 22.4. The maximum absolute atomic E-state index is 14.5. The van der Waals surface area contributed by atoms with Crippen LogP contribution in [0.4, 0.5) is 14.6 Å². The van der Waals surface area contributed by atoms with Crippen LogP contribution < -0.4 is 15.1 Å². The predicted octanol–water partition coefficient (Wildman–Crippen LogP) is 3.31. The number of piperidine rings is 1. The number of methoxy groups -OCH3 is 1. The fraction of sp³-hybridized carbons (Fsp3) is 0.345. The molecular weight excluding hydrogens is 534 g/mol. The third kappa shape index (κ3) is 5.22. The molecule has 1 atom stereocenters. The van der Waals surface area contributed by atoms with Crippen LogP contribution in [0.25, 0.3) is 10.9 Å². The molecule has 3 aromatic heterocycles. The van der Waals surface area contributed by atoms with Gasteiger partial charge in [-0.25, -0.2) is 19.2 Å². The second-order valence-corrected chi connectivity index (χ2v) is 10.2. The van der Waals surface area contributed by atoms with Gasteiger partial charge < -0.3 is 18.9 Å². The number of hydrogen-bond donors (Lipinski definition) is 0. The van der Waals surface area contributed by atoms with Gasteiger partial charge in [0.25, 0.3) is 0 Å². The van der Waals surface area contributed by atoms with Crippen molar-refractivity contribution in [3.8, 4) is 5.75 Å². The van der Waals surface area contributed by atoms with Gasteiger partial charge in [-0.15, -0.1) is 0 Å². The van der Waals surface area contributed by atoms with Crippen LogP contribution in [0, 0.1) is 11.6 Å². The molecule has 0 N–H and O–H groups in total. The molecule has 10 nitrogen and oxygen atoms in total. The minimum Gasteiger partial charge on any atom is -0.486 e. The van der Waals surface area contributed by atoms with Crippen molar-refractivity contribution in [3.05, 3.63) is 87.9 Å². The van der Waals surface area contributed by atoms with E-state index in [1.807, 2.05) is 6.07 Å². The Hall–Kier alpha value is -4.45. The highest BCUT2D eigenvalue weighted by atomic mass is 19.2. The summed E-state index contributed by atoms with van der Waals surface area (Å²) in [7, 11) is 1.30. The summed E-state index contributed by atoms with van der Waals surface area (Å²) in [5, 5.41) is 0.0813. The van der Waals surface area contributed by atoms with E-state index in [2.05, 4.69) is 24.8 Å². The third-order valence-corrected chi connectivity index (χ3v) is 7.63. The number of esters is 1. The molecule has 0 bridgehead atoms. The summed E-state index contributed by atoms with van der Waals surface area (Å²) in [6, 6.07) is 4.47. The van der Waals surface area contributed by atoms with Crippen LogP contribution in [0.1, 0.15) is 34.5 Å². The van der Waals surface area contributed by atoms with E-state index >= 15 is 0 Å². The van der Waals surface area contributed by atoms with E-state index in [9.17, 15) is 18.4 Å². The van der Waals surface area contributed by atoms with Crippen molar-refractivity contribution < 1.29 is 23.0 Å². The van der Waals surface area contributed by atoms with Gasteiger partial charge in [0.05, 0.1) is 30.8 Å². The van der Waals surface area contributed by atoms with Gasteiger partial charge in [0.1, 0.15) is 18.1 Å². The highest BCUT2D eigenvalue weighted by Gasteiger charge is 2.29. The van der Waals surface area contributed by atoms with Crippen molar-refractivity contribution in [1.82, 2.24) is 24.4 Å². The van der Waals surface area contributed by atoms with Gasteiger partial charge in [0.15, 0.2) is 17.0 Å². The van der Waals surface area contributed by atoms with Gasteiger partial charge in [0.2, 0.25) is 5.82 Å². The number of anilines is 1. The fourth-order valence-corrected chi connectivity index (χ4v) is 5.67. The first kappa shape index (κ1) is 26.8. The van der Waals surface area contributed by atoms with Crippen LogP contribution >= 0.6 is 0 Å². The summed E-state index contributed by atoms with van der Waals surface area (Å²) < 4.78 is 41.0. The van der Waals surface area contributed by atoms with Crippen LogP contribution in [0.2, 0.25) is 0 Å². The predicted molar refractivity (Wildman–Crippen MR) is 146 cm³/mol. The van der Waals surface area contributed by atoms with Gasteiger partial charge >= 0.3 is 5.97 Å². The highest BCUT2D eigenvalue weighted by molar-refractivity contribution is 5.87. The van der Waals surface area contributed by atoms with E-state index < -0.39 is 17.6 Å². The molecule has 1 unspecified atom stereocenters. The normalized spacial score (nSPS) is 16.6. The molecule has 0 amide bonds. The Morgan fingerprint density at radius 2 is 2.05 bits per heavy atom. The molecule has 0 aliphatic carbocycles. The Kier molecular flexibility index (Phi) is 7.31. The quantitative estimate of drug-likeness (QED) is 0.314. The topological polar surface area (TPSA) is 103 Å². The molecule has 12 heteroatoms. The maximum atomic E-state index is 14.5. The minimum atomic E-state index is -1.12. The summed E-state index contributed by atoms with van der Waals surface area (Å²) in [6.07, 6.45) is 10.1.